The number of amides is 1. The Kier molecular flexibility index (Phi) is 6.19. The van der Waals surface area contributed by atoms with Crippen molar-refractivity contribution in [2.24, 2.45) is 5.84 Å². The molecule has 1 heterocycles. The Balaban J connectivity index is 2.48. The van der Waals surface area contributed by atoms with Crippen LogP contribution >= 0.6 is 0 Å². The van der Waals surface area contributed by atoms with Crippen LogP contribution in [-0.4, -0.2) is 65.2 Å². The summed E-state index contributed by atoms with van der Waals surface area (Å²) in [4.78, 5) is 16.2. The quantitative estimate of drug-likeness (QED) is 0.346. The summed E-state index contributed by atoms with van der Waals surface area (Å²) in [6.45, 7) is 9.82. The molecule has 6 heteroatoms. The zero-order valence-corrected chi connectivity index (χ0v) is 12.4. The van der Waals surface area contributed by atoms with Crippen LogP contribution in [0.4, 0.5) is 0 Å². The van der Waals surface area contributed by atoms with Crippen molar-refractivity contribution in [3.05, 3.63) is 0 Å². The van der Waals surface area contributed by atoms with Gasteiger partial charge in [-0.05, 0) is 20.3 Å². The molecule has 0 aromatic carbocycles. The highest BCUT2D eigenvalue weighted by molar-refractivity contribution is 5.81. The van der Waals surface area contributed by atoms with Crippen LogP contribution < -0.4 is 11.3 Å². The van der Waals surface area contributed by atoms with Crippen molar-refractivity contribution in [1.29, 1.82) is 0 Å². The van der Waals surface area contributed by atoms with E-state index in [0.717, 1.165) is 39.0 Å². The van der Waals surface area contributed by atoms with Crippen LogP contribution in [0.15, 0.2) is 0 Å². The predicted molar refractivity (Wildman–Crippen MR) is 75.3 cm³/mol. The van der Waals surface area contributed by atoms with Crippen molar-refractivity contribution >= 4 is 5.91 Å². The van der Waals surface area contributed by atoms with Gasteiger partial charge in [0, 0.05) is 32.7 Å². The van der Waals surface area contributed by atoms with E-state index in [0.29, 0.717) is 6.54 Å². The van der Waals surface area contributed by atoms with Crippen LogP contribution in [0.5, 0.6) is 0 Å². The molecule has 19 heavy (non-hydrogen) atoms. The monoisotopic (exact) mass is 272 g/mol. The molecule has 1 aliphatic heterocycles. The molecule has 0 aliphatic carbocycles. The summed E-state index contributed by atoms with van der Waals surface area (Å²) in [5, 5.41) is 9.82. The second-order valence-electron chi connectivity index (χ2n) is 5.94. The molecule has 0 radical (unpaired) electrons. The molecular weight excluding hydrogens is 244 g/mol. The van der Waals surface area contributed by atoms with Gasteiger partial charge in [-0.1, -0.05) is 13.3 Å². The summed E-state index contributed by atoms with van der Waals surface area (Å²) in [5.74, 6) is 5.15. The number of carbonyl (C=O) groups is 1. The smallest absolute Gasteiger partial charge is 0.251 e. The van der Waals surface area contributed by atoms with E-state index in [1.807, 2.05) is 13.8 Å². The largest absolute Gasteiger partial charge is 0.389 e. The first kappa shape index (κ1) is 16.4. The SMILES string of the molecule is CCCC(C(=O)NN)N1CCN(CC(C)(C)O)CC1. The molecule has 1 rings (SSSR count). The number of nitrogens with two attached hydrogens (primary N) is 1. The fourth-order valence-electron chi connectivity index (χ4n) is 2.63. The number of aliphatic hydroxyl groups is 1. The maximum absolute atomic E-state index is 11.8. The van der Waals surface area contributed by atoms with Crippen LogP contribution in [-0.2, 0) is 4.79 Å². The van der Waals surface area contributed by atoms with E-state index in [-0.39, 0.29) is 11.9 Å². The molecular formula is C13H28N4O2. The highest BCUT2D eigenvalue weighted by Gasteiger charge is 2.29. The van der Waals surface area contributed by atoms with Crippen molar-refractivity contribution in [3.8, 4) is 0 Å². The summed E-state index contributed by atoms with van der Waals surface area (Å²) in [6, 6.07) is -0.126. The third-order valence-corrected chi connectivity index (χ3v) is 3.47. The highest BCUT2D eigenvalue weighted by Crippen LogP contribution is 2.13. The van der Waals surface area contributed by atoms with Gasteiger partial charge in [-0.15, -0.1) is 0 Å². The average molecular weight is 272 g/mol. The van der Waals surface area contributed by atoms with E-state index in [2.05, 4.69) is 22.1 Å². The molecule has 0 bridgehead atoms. The van der Waals surface area contributed by atoms with Crippen molar-refractivity contribution in [3.63, 3.8) is 0 Å². The lowest BCUT2D eigenvalue weighted by molar-refractivity contribution is -0.127. The third kappa shape index (κ3) is 5.44. The predicted octanol–water partition coefficient (Wildman–Crippen LogP) is -0.466. The normalized spacial score (nSPS) is 20.3. The molecule has 0 aromatic rings. The van der Waals surface area contributed by atoms with Gasteiger partial charge >= 0.3 is 0 Å². The van der Waals surface area contributed by atoms with E-state index >= 15 is 0 Å². The molecule has 1 aliphatic rings. The Morgan fingerprint density at radius 3 is 2.37 bits per heavy atom. The van der Waals surface area contributed by atoms with E-state index in [1.54, 1.807) is 0 Å². The maximum Gasteiger partial charge on any atom is 0.251 e. The number of carbonyl (C=O) groups excluding carboxylic acids is 1. The van der Waals surface area contributed by atoms with E-state index in [9.17, 15) is 9.90 Å². The van der Waals surface area contributed by atoms with Crippen LogP contribution in [0.1, 0.15) is 33.6 Å². The number of nitrogens with zero attached hydrogens (tertiary/aromatic N) is 2. The molecule has 0 spiro atoms. The second kappa shape index (κ2) is 7.19. The fourth-order valence-corrected chi connectivity index (χ4v) is 2.63. The minimum atomic E-state index is -0.667. The Bertz CT molecular complexity index is 283. The Labute approximate surface area is 115 Å². The number of hydrogen-bond donors (Lipinski definition) is 3. The van der Waals surface area contributed by atoms with E-state index < -0.39 is 5.60 Å². The molecule has 0 saturated carbocycles. The van der Waals surface area contributed by atoms with Gasteiger partial charge in [0.25, 0.3) is 5.91 Å². The minimum Gasteiger partial charge on any atom is -0.389 e. The van der Waals surface area contributed by atoms with E-state index in [1.165, 1.54) is 0 Å². The first-order chi connectivity index (χ1) is 8.87. The molecule has 1 atom stereocenters. The first-order valence-corrected chi connectivity index (χ1v) is 7.06. The van der Waals surface area contributed by atoms with Crippen LogP contribution in [0.3, 0.4) is 0 Å². The van der Waals surface area contributed by atoms with Gasteiger partial charge in [0.2, 0.25) is 0 Å². The Morgan fingerprint density at radius 1 is 1.37 bits per heavy atom. The van der Waals surface area contributed by atoms with Crippen molar-refractivity contribution in [1.82, 2.24) is 15.2 Å². The number of hydrogen-bond acceptors (Lipinski definition) is 5. The summed E-state index contributed by atoms with van der Waals surface area (Å²) >= 11 is 0. The van der Waals surface area contributed by atoms with Crippen LogP contribution in [0, 0.1) is 0 Å². The zero-order chi connectivity index (χ0) is 14.5. The number of β-amino-alcohol motifs (C(OH)–C–C–N with tert-alkyl or cyclic N) is 1. The molecule has 0 aromatic heterocycles. The lowest BCUT2D eigenvalue weighted by Crippen LogP contribution is -2.57. The second-order valence-corrected chi connectivity index (χ2v) is 5.94. The molecule has 1 amide bonds. The molecule has 1 unspecified atom stereocenters. The third-order valence-electron chi connectivity index (χ3n) is 3.47. The highest BCUT2D eigenvalue weighted by atomic mass is 16.3. The molecule has 6 nitrogen and oxygen atoms in total. The average Bonchev–Trinajstić information content (AvgIpc) is 2.34. The molecule has 4 N–H and O–H groups in total. The minimum absolute atomic E-state index is 0.0993. The molecule has 1 saturated heterocycles. The first-order valence-electron chi connectivity index (χ1n) is 7.06. The number of piperazine rings is 1. The Hall–Kier alpha value is -0.690. The fraction of sp³-hybridized carbons (Fsp3) is 0.923. The van der Waals surface area contributed by atoms with Gasteiger partial charge in [0.1, 0.15) is 0 Å². The summed E-state index contributed by atoms with van der Waals surface area (Å²) in [6.07, 6.45) is 1.79. The lowest BCUT2D eigenvalue weighted by Gasteiger charge is -2.40. The van der Waals surface area contributed by atoms with Crippen LogP contribution in [0.2, 0.25) is 0 Å². The van der Waals surface area contributed by atoms with Crippen molar-refractivity contribution in [2.75, 3.05) is 32.7 Å². The standard InChI is InChI=1S/C13H28N4O2/c1-4-5-11(12(18)15-14)17-8-6-16(7-9-17)10-13(2,3)19/h11,19H,4-10,14H2,1-3H3,(H,15,18). The summed E-state index contributed by atoms with van der Waals surface area (Å²) in [7, 11) is 0. The van der Waals surface area contributed by atoms with Gasteiger partial charge in [0.05, 0.1) is 11.6 Å². The van der Waals surface area contributed by atoms with Gasteiger partial charge in [-0.25, -0.2) is 5.84 Å². The topological polar surface area (TPSA) is 81.8 Å². The van der Waals surface area contributed by atoms with Crippen LogP contribution in [0.25, 0.3) is 0 Å². The van der Waals surface area contributed by atoms with Gasteiger partial charge in [-0.3, -0.25) is 20.0 Å². The van der Waals surface area contributed by atoms with Crippen molar-refractivity contribution in [2.45, 2.75) is 45.3 Å². The molecule has 112 valence electrons. The van der Waals surface area contributed by atoms with Gasteiger partial charge in [0.15, 0.2) is 0 Å². The van der Waals surface area contributed by atoms with Gasteiger partial charge in [-0.2, -0.15) is 0 Å². The zero-order valence-electron chi connectivity index (χ0n) is 12.4. The summed E-state index contributed by atoms with van der Waals surface area (Å²) in [5.41, 5.74) is 1.60. The Morgan fingerprint density at radius 2 is 1.95 bits per heavy atom. The maximum atomic E-state index is 11.8. The number of nitrogens with one attached hydrogen (secondary N) is 1. The van der Waals surface area contributed by atoms with Gasteiger partial charge < -0.3 is 5.11 Å². The molecule has 1 fully saturated rings. The number of hydrazine groups is 1. The lowest BCUT2D eigenvalue weighted by atomic mass is 10.1. The summed E-state index contributed by atoms with van der Waals surface area (Å²) < 4.78 is 0. The van der Waals surface area contributed by atoms with Crippen molar-refractivity contribution < 1.29 is 9.90 Å². The number of rotatable bonds is 6. The van der Waals surface area contributed by atoms with E-state index in [4.69, 9.17) is 5.84 Å².